The number of carbonyl (C=O) groups is 2. The fraction of sp³-hybridized carbons (Fsp3) is 0.240. The van der Waals surface area contributed by atoms with Gasteiger partial charge in [0.1, 0.15) is 23.8 Å². The second kappa shape index (κ2) is 10.9. The van der Waals surface area contributed by atoms with Crippen LogP contribution in [0.2, 0.25) is 0 Å². The van der Waals surface area contributed by atoms with E-state index in [9.17, 15) is 23.5 Å². The number of nitrogens with zero attached hydrogens (tertiary/aromatic N) is 4. The third-order valence-corrected chi connectivity index (χ3v) is 5.29. The van der Waals surface area contributed by atoms with Gasteiger partial charge < -0.3 is 10.2 Å². The molecule has 1 aromatic heterocycles. The van der Waals surface area contributed by atoms with Crippen molar-refractivity contribution in [2.75, 3.05) is 0 Å². The average molecular weight is 482 g/mol. The second-order valence-electron chi connectivity index (χ2n) is 8.08. The van der Waals surface area contributed by atoms with Gasteiger partial charge in [-0.25, -0.2) is 13.5 Å². The summed E-state index contributed by atoms with van der Waals surface area (Å²) in [5, 5.41) is 30.7. The number of halogens is 2. The van der Waals surface area contributed by atoms with Crippen molar-refractivity contribution >= 4 is 22.9 Å². The molecule has 3 aromatic rings. The molecule has 2 N–H and O–H groups in total. The molecule has 0 fully saturated rings. The number of hydrogen-bond donors (Lipinski definition) is 2. The Bertz CT molecular complexity index is 1280. The predicted molar refractivity (Wildman–Crippen MR) is 124 cm³/mol. The summed E-state index contributed by atoms with van der Waals surface area (Å²) in [4.78, 5) is 22.6. The van der Waals surface area contributed by atoms with Crippen molar-refractivity contribution in [1.82, 2.24) is 20.2 Å². The molecule has 0 radical (unpaired) electrons. The molecular formula is C25H24F2N4O4. The maximum Gasteiger partial charge on any atom is 0.310 e. The first kappa shape index (κ1) is 25.6. The minimum absolute atomic E-state index is 0.296. The summed E-state index contributed by atoms with van der Waals surface area (Å²) in [5.41, 5.74) is 2.91. The highest BCUT2D eigenvalue weighted by atomic mass is 19.1. The lowest BCUT2D eigenvalue weighted by Crippen LogP contribution is -2.14. The molecule has 0 amide bonds. The molecule has 0 bridgehead atoms. The minimum Gasteiger partial charge on any atom is -0.481 e. The van der Waals surface area contributed by atoms with Gasteiger partial charge in [0.05, 0.1) is 6.10 Å². The fourth-order valence-electron chi connectivity index (χ4n) is 3.55. The van der Waals surface area contributed by atoms with E-state index in [1.165, 1.54) is 29.0 Å². The van der Waals surface area contributed by atoms with E-state index in [-0.39, 0.29) is 0 Å². The first-order valence-corrected chi connectivity index (χ1v) is 10.7. The molecule has 0 aliphatic rings. The number of tetrazole rings is 1. The van der Waals surface area contributed by atoms with Crippen molar-refractivity contribution in [1.29, 1.82) is 0 Å². The highest BCUT2D eigenvalue weighted by Crippen LogP contribution is 2.34. The number of hydrogen-bond acceptors (Lipinski definition) is 6. The molecule has 182 valence electrons. The first-order chi connectivity index (χ1) is 16.6. The van der Waals surface area contributed by atoms with Crippen molar-refractivity contribution in [2.45, 2.75) is 32.8 Å². The number of aromatic nitrogens is 4. The van der Waals surface area contributed by atoms with Crippen LogP contribution in [0.4, 0.5) is 8.78 Å². The number of aliphatic hydroxyl groups excluding tert-OH is 1. The monoisotopic (exact) mass is 482 g/mol. The number of aliphatic hydroxyl groups is 1. The summed E-state index contributed by atoms with van der Waals surface area (Å²) in [5.74, 6) is -2.41. The molecule has 0 aliphatic heterocycles. The third kappa shape index (κ3) is 6.30. The highest BCUT2D eigenvalue weighted by molar-refractivity contribution is 6.01. The van der Waals surface area contributed by atoms with Crippen molar-refractivity contribution in [3.63, 3.8) is 0 Å². The predicted octanol–water partition coefficient (Wildman–Crippen LogP) is 3.42. The van der Waals surface area contributed by atoms with Crippen LogP contribution in [0.25, 0.3) is 11.1 Å². The highest BCUT2D eigenvalue weighted by Gasteiger charge is 2.19. The van der Waals surface area contributed by atoms with Gasteiger partial charge in [-0.1, -0.05) is 24.3 Å². The summed E-state index contributed by atoms with van der Waals surface area (Å²) >= 11 is 0. The zero-order valence-corrected chi connectivity index (χ0v) is 19.4. The largest absolute Gasteiger partial charge is 0.481 e. The Morgan fingerprint density at radius 3 is 2.09 bits per heavy atom. The first-order valence-electron chi connectivity index (χ1n) is 10.7. The Kier molecular flexibility index (Phi) is 7.98. The smallest absolute Gasteiger partial charge is 0.310 e. The van der Waals surface area contributed by atoms with E-state index in [1.807, 2.05) is 0 Å². The summed E-state index contributed by atoms with van der Waals surface area (Å²) in [6.45, 7) is 3.23. The number of allylic oxidation sites excluding steroid dienone is 2. The quantitative estimate of drug-likeness (QED) is 0.354. The number of aliphatic carboxylic acids is 1. The van der Waals surface area contributed by atoms with Crippen molar-refractivity contribution in [2.24, 2.45) is 7.05 Å². The molecule has 0 spiro atoms. The van der Waals surface area contributed by atoms with Gasteiger partial charge >= 0.3 is 5.97 Å². The van der Waals surface area contributed by atoms with E-state index in [2.05, 4.69) is 15.5 Å². The Labute approximate surface area is 200 Å². The molecule has 1 atom stereocenters. The minimum atomic E-state index is -1.28. The molecule has 0 saturated heterocycles. The standard InChI is InChI=1S/C25H24F2N4O4/c1-14-10-16(4-8-21(14)26)24(17-5-9-22(27)15(2)11-17)20(25-28-29-30-31(25)3)7-6-18(32)12-19(33)13-23(34)35/h4-11,18,32H,12-13H2,1-3H3,(H,34,35)/b7-6+. The van der Waals surface area contributed by atoms with E-state index in [0.29, 0.717) is 39.2 Å². The van der Waals surface area contributed by atoms with Gasteiger partial charge in [-0.15, -0.1) is 5.10 Å². The van der Waals surface area contributed by atoms with E-state index < -0.39 is 42.3 Å². The molecule has 3 rings (SSSR count). The van der Waals surface area contributed by atoms with E-state index in [0.717, 1.165) is 0 Å². The third-order valence-electron chi connectivity index (χ3n) is 5.29. The molecular weight excluding hydrogens is 458 g/mol. The number of Topliss-reactive ketones (excluding diaryl/α,β-unsaturated/α-hetero) is 1. The topological polar surface area (TPSA) is 118 Å². The molecule has 0 aliphatic carbocycles. The van der Waals surface area contributed by atoms with Crippen LogP contribution in [0, 0.1) is 25.5 Å². The zero-order valence-electron chi connectivity index (χ0n) is 19.4. The molecule has 10 heteroatoms. The van der Waals surface area contributed by atoms with Crippen molar-refractivity contribution in [3.05, 3.63) is 88.3 Å². The SMILES string of the molecule is Cc1cc(C(=C(/C=C/C(O)CC(=O)CC(=O)O)c2nnnn2C)c2ccc(F)c(C)c2)ccc1F. The Balaban J connectivity index is 2.22. The Morgan fingerprint density at radius 2 is 1.63 bits per heavy atom. The van der Waals surface area contributed by atoms with Crippen LogP contribution in [0.1, 0.15) is 40.9 Å². The number of carbonyl (C=O) groups excluding carboxylic acids is 1. The van der Waals surface area contributed by atoms with E-state index >= 15 is 0 Å². The molecule has 1 unspecified atom stereocenters. The summed E-state index contributed by atoms with van der Waals surface area (Å²) in [7, 11) is 1.61. The van der Waals surface area contributed by atoms with Gasteiger partial charge in [0.25, 0.3) is 0 Å². The number of benzene rings is 2. The Morgan fingerprint density at radius 1 is 1.06 bits per heavy atom. The number of rotatable bonds is 9. The van der Waals surface area contributed by atoms with Gasteiger partial charge in [-0.2, -0.15) is 0 Å². The summed E-state index contributed by atoms with van der Waals surface area (Å²) < 4.78 is 29.5. The van der Waals surface area contributed by atoms with Gasteiger partial charge in [0.2, 0.25) is 0 Å². The van der Waals surface area contributed by atoms with Gasteiger partial charge in [0.15, 0.2) is 5.82 Å². The van der Waals surface area contributed by atoms with Crippen LogP contribution in [0.5, 0.6) is 0 Å². The zero-order chi connectivity index (χ0) is 25.7. The number of carboxylic acids is 1. The van der Waals surface area contributed by atoms with E-state index in [4.69, 9.17) is 5.11 Å². The van der Waals surface area contributed by atoms with Crippen molar-refractivity contribution in [3.8, 4) is 0 Å². The lowest BCUT2D eigenvalue weighted by Gasteiger charge is -2.16. The Hall–Kier alpha value is -4.05. The molecule has 8 nitrogen and oxygen atoms in total. The van der Waals surface area contributed by atoms with Crippen molar-refractivity contribution < 1.29 is 28.6 Å². The van der Waals surface area contributed by atoms with Gasteiger partial charge in [0, 0.05) is 19.0 Å². The van der Waals surface area contributed by atoms with Crippen LogP contribution in [-0.2, 0) is 16.6 Å². The van der Waals surface area contributed by atoms with Crippen LogP contribution >= 0.6 is 0 Å². The summed E-state index contributed by atoms with van der Waals surface area (Å²) in [6.07, 6.45) is 0.473. The number of carboxylic acid groups (broad SMARTS) is 1. The van der Waals surface area contributed by atoms with Gasteiger partial charge in [-0.3, -0.25) is 9.59 Å². The lowest BCUT2D eigenvalue weighted by atomic mass is 9.90. The second-order valence-corrected chi connectivity index (χ2v) is 8.08. The number of ketones is 1. The molecule has 1 heterocycles. The summed E-state index contributed by atoms with van der Waals surface area (Å²) in [6, 6.07) is 9.04. The molecule has 0 saturated carbocycles. The molecule has 2 aromatic carbocycles. The fourth-order valence-corrected chi connectivity index (χ4v) is 3.55. The van der Waals surface area contributed by atoms with Crippen LogP contribution in [0.3, 0.4) is 0 Å². The molecule has 35 heavy (non-hydrogen) atoms. The average Bonchev–Trinajstić information content (AvgIpc) is 3.20. The normalized spacial score (nSPS) is 12.1. The van der Waals surface area contributed by atoms with Crippen LogP contribution in [0.15, 0.2) is 48.6 Å². The maximum atomic E-state index is 14.1. The van der Waals surface area contributed by atoms with E-state index in [1.54, 1.807) is 45.2 Å². The van der Waals surface area contributed by atoms with Gasteiger partial charge in [-0.05, 0) is 76.4 Å². The number of aryl methyl sites for hydroxylation is 3. The lowest BCUT2D eigenvalue weighted by molar-refractivity contribution is -0.140. The maximum absolute atomic E-state index is 14.1. The van der Waals surface area contributed by atoms with Crippen LogP contribution < -0.4 is 0 Å². The van der Waals surface area contributed by atoms with Crippen LogP contribution in [-0.4, -0.2) is 48.3 Å².